The molecule has 2 heteroatoms. The molecule has 1 N–H and O–H groups in total. The molecule has 2 heterocycles. The van der Waals surface area contributed by atoms with E-state index in [2.05, 4.69) is 73.8 Å². The van der Waals surface area contributed by atoms with E-state index >= 15 is 0 Å². The van der Waals surface area contributed by atoms with Crippen LogP contribution in [-0.4, -0.2) is 5.72 Å². The predicted molar refractivity (Wildman–Crippen MR) is 94.2 cm³/mol. The molecule has 2 nitrogen and oxygen atoms in total. The normalized spacial score (nSPS) is 24.3. The highest BCUT2D eigenvalue weighted by Crippen LogP contribution is 2.52. The molecule has 2 bridgehead atoms. The van der Waals surface area contributed by atoms with E-state index in [0.717, 1.165) is 12.2 Å². The summed E-state index contributed by atoms with van der Waals surface area (Å²) in [6.45, 7) is 4.32. The van der Waals surface area contributed by atoms with E-state index in [1.54, 1.807) is 0 Å². The zero-order valence-electron chi connectivity index (χ0n) is 13.4. The predicted octanol–water partition coefficient (Wildman–Crippen LogP) is 5.20. The molecule has 0 amide bonds. The van der Waals surface area contributed by atoms with E-state index in [9.17, 15) is 0 Å². The maximum Gasteiger partial charge on any atom is 0.178 e. The summed E-state index contributed by atoms with van der Waals surface area (Å²) < 4.78 is 6.37. The van der Waals surface area contributed by atoms with Crippen LogP contribution in [0, 0.1) is 6.92 Å². The average molecular weight is 301 g/mol. The van der Waals surface area contributed by atoms with Crippen LogP contribution in [0.15, 0.2) is 54.6 Å². The third-order valence-electron chi connectivity index (χ3n) is 5.19. The molecular weight excluding hydrogens is 282 g/mol. The Morgan fingerprint density at radius 2 is 1.96 bits per heavy atom. The molecule has 114 valence electrons. The molecule has 3 aromatic carbocycles. The van der Waals surface area contributed by atoms with Gasteiger partial charge in [-0.1, -0.05) is 48.0 Å². The van der Waals surface area contributed by atoms with Crippen LogP contribution < -0.4 is 10.1 Å². The van der Waals surface area contributed by atoms with Crippen molar-refractivity contribution < 1.29 is 4.74 Å². The lowest BCUT2D eigenvalue weighted by Gasteiger charge is -2.46. The number of hydrogen-bond donors (Lipinski definition) is 1. The second-order valence-corrected chi connectivity index (χ2v) is 7.00. The first-order chi connectivity index (χ1) is 11.1. The Morgan fingerprint density at radius 3 is 2.87 bits per heavy atom. The third kappa shape index (κ3) is 1.81. The van der Waals surface area contributed by atoms with Crippen LogP contribution in [0.25, 0.3) is 10.8 Å². The minimum Gasteiger partial charge on any atom is -0.468 e. The molecule has 2 aliphatic heterocycles. The summed E-state index contributed by atoms with van der Waals surface area (Å²) in [4.78, 5) is 0. The van der Waals surface area contributed by atoms with Crippen LogP contribution in [0.2, 0.25) is 0 Å². The Morgan fingerprint density at radius 1 is 1.09 bits per heavy atom. The van der Waals surface area contributed by atoms with Gasteiger partial charge in [-0.15, -0.1) is 0 Å². The number of aryl methyl sites for hydroxylation is 1. The van der Waals surface area contributed by atoms with Gasteiger partial charge in [0.2, 0.25) is 0 Å². The zero-order valence-corrected chi connectivity index (χ0v) is 13.4. The third-order valence-corrected chi connectivity index (χ3v) is 5.19. The van der Waals surface area contributed by atoms with Crippen LogP contribution in [0.4, 0.5) is 5.69 Å². The minimum absolute atomic E-state index is 0.331. The minimum atomic E-state index is -0.331. The Bertz CT molecular complexity index is 946. The molecule has 0 fully saturated rings. The molecule has 2 aliphatic rings. The van der Waals surface area contributed by atoms with Gasteiger partial charge in [0.25, 0.3) is 0 Å². The van der Waals surface area contributed by atoms with Crippen molar-refractivity contribution in [1.82, 2.24) is 0 Å². The first-order valence-corrected chi connectivity index (χ1v) is 8.22. The van der Waals surface area contributed by atoms with Gasteiger partial charge in [0.05, 0.1) is 0 Å². The van der Waals surface area contributed by atoms with Crippen LogP contribution in [0.3, 0.4) is 0 Å². The van der Waals surface area contributed by atoms with E-state index in [4.69, 9.17) is 4.74 Å². The molecule has 0 saturated carbocycles. The van der Waals surface area contributed by atoms with E-state index in [1.165, 1.54) is 33.2 Å². The van der Waals surface area contributed by atoms with E-state index in [0.29, 0.717) is 5.92 Å². The fourth-order valence-corrected chi connectivity index (χ4v) is 4.21. The molecular formula is C21H19NO. The van der Waals surface area contributed by atoms with Gasteiger partial charge in [0.1, 0.15) is 5.75 Å². The molecule has 2 unspecified atom stereocenters. The monoisotopic (exact) mass is 301 g/mol. The maximum atomic E-state index is 6.37. The molecule has 23 heavy (non-hydrogen) atoms. The summed E-state index contributed by atoms with van der Waals surface area (Å²) >= 11 is 0. The Kier molecular flexibility index (Phi) is 2.42. The van der Waals surface area contributed by atoms with Gasteiger partial charge < -0.3 is 10.1 Å². The first kappa shape index (κ1) is 13.0. The van der Waals surface area contributed by atoms with Gasteiger partial charge in [-0.3, -0.25) is 0 Å². The number of fused-ring (bicyclic) bond motifs is 8. The van der Waals surface area contributed by atoms with E-state index in [-0.39, 0.29) is 5.72 Å². The van der Waals surface area contributed by atoms with Crippen molar-refractivity contribution in [3.63, 3.8) is 0 Å². The maximum absolute atomic E-state index is 6.37. The summed E-state index contributed by atoms with van der Waals surface area (Å²) in [6.07, 6.45) is 0.963. The lowest BCUT2D eigenvalue weighted by Crippen LogP contribution is -2.48. The first-order valence-electron chi connectivity index (χ1n) is 8.22. The molecule has 0 radical (unpaired) electrons. The van der Waals surface area contributed by atoms with Gasteiger partial charge in [-0.2, -0.15) is 0 Å². The molecule has 0 saturated heterocycles. The van der Waals surface area contributed by atoms with Crippen LogP contribution in [0.5, 0.6) is 5.75 Å². The zero-order chi connectivity index (χ0) is 15.6. The molecule has 5 rings (SSSR count). The van der Waals surface area contributed by atoms with Gasteiger partial charge in [0, 0.05) is 23.6 Å². The van der Waals surface area contributed by atoms with Crippen LogP contribution in [-0.2, 0) is 0 Å². The van der Waals surface area contributed by atoms with Crippen molar-refractivity contribution in [2.45, 2.75) is 31.9 Å². The van der Waals surface area contributed by atoms with Crippen molar-refractivity contribution in [2.24, 2.45) is 0 Å². The van der Waals surface area contributed by atoms with Gasteiger partial charge in [0.15, 0.2) is 5.72 Å². The molecule has 3 aromatic rings. The van der Waals surface area contributed by atoms with E-state index in [1.807, 2.05) is 0 Å². The highest BCUT2D eigenvalue weighted by atomic mass is 16.5. The molecule has 0 spiro atoms. The lowest BCUT2D eigenvalue weighted by atomic mass is 9.76. The standard InChI is InChI=1S/C21H19NO/c1-13-7-9-18-16(11-13)17-12-21(2,22-18)23-19-10-8-14-5-3-4-6-15(14)20(17)19/h3-11,17,22H,12H2,1-2H3. The number of nitrogens with one attached hydrogen (secondary N) is 1. The fourth-order valence-electron chi connectivity index (χ4n) is 4.21. The summed E-state index contributed by atoms with van der Waals surface area (Å²) in [5.74, 6) is 1.40. The summed E-state index contributed by atoms with van der Waals surface area (Å²) in [5, 5.41) is 6.19. The van der Waals surface area contributed by atoms with Crippen molar-refractivity contribution >= 4 is 16.5 Å². The lowest BCUT2D eigenvalue weighted by molar-refractivity contribution is 0.0820. The summed E-state index contributed by atoms with van der Waals surface area (Å²) in [5.41, 5.74) is 4.91. The summed E-state index contributed by atoms with van der Waals surface area (Å²) in [6, 6.07) is 19.6. The number of ether oxygens (including phenoxy) is 1. The van der Waals surface area contributed by atoms with Crippen molar-refractivity contribution in [3.8, 4) is 5.75 Å². The average Bonchev–Trinajstić information content (AvgIpc) is 2.54. The fraction of sp³-hybridized carbons (Fsp3) is 0.238. The topological polar surface area (TPSA) is 21.3 Å². The molecule has 2 atom stereocenters. The molecule has 0 aromatic heterocycles. The smallest absolute Gasteiger partial charge is 0.178 e. The molecule has 0 aliphatic carbocycles. The number of hydrogen-bond acceptors (Lipinski definition) is 2. The Balaban J connectivity index is 1.85. The van der Waals surface area contributed by atoms with Crippen LogP contribution >= 0.6 is 0 Å². The highest BCUT2D eigenvalue weighted by Gasteiger charge is 2.43. The van der Waals surface area contributed by atoms with Gasteiger partial charge in [-0.05, 0) is 42.3 Å². The second kappa shape index (κ2) is 4.29. The highest BCUT2D eigenvalue weighted by molar-refractivity contribution is 5.89. The quantitative estimate of drug-likeness (QED) is 0.616. The van der Waals surface area contributed by atoms with Crippen molar-refractivity contribution in [2.75, 3.05) is 5.32 Å². The van der Waals surface area contributed by atoms with Crippen molar-refractivity contribution in [1.29, 1.82) is 0 Å². The second-order valence-electron chi connectivity index (χ2n) is 7.00. The van der Waals surface area contributed by atoms with Gasteiger partial charge >= 0.3 is 0 Å². The van der Waals surface area contributed by atoms with Crippen LogP contribution in [0.1, 0.15) is 36.0 Å². The van der Waals surface area contributed by atoms with E-state index < -0.39 is 0 Å². The number of anilines is 1. The Hall–Kier alpha value is -2.48. The SMILES string of the molecule is Cc1ccc2c(c1)C1CC(C)(N2)Oc2ccc3ccccc3c21. The largest absolute Gasteiger partial charge is 0.468 e. The van der Waals surface area contributed by atoms with Gasteiger partial charge in [-0.25, -0.2) is 0 Å². The Labute approximate surface area is 136 Å². The number of rotatable bonds is 0. The van der Waals surface area contributed by atoms with Crippen molar-refractivity contribution in [3.05, 3.63) is 71.3 Å². The number of benzene rings is 3. The summed E-state index contributed by atoms with van der Waals surface area (Å²) in [7, 11) is 0.